The molecule has 7 heteroatoms. The van der Waals surface area contributed by atoms with Crippen molar-refractivity contribution in [2.75, 3.05) is 26.0 Å². The molecule has 0 spiro atoms. The lowest BCUT2D eigenvalue weighted by atomic mass is 10.0. The zero-order chi connectivity index (χ0) is 15.7. The highest BCUT2D eigenvalue weighted by molar-refractivity contribution is 7.89. The second kappa shape index (κ2) is 6.31. The van der Waals surface area contributed by atoms with Gasteiger partial charge in [-0.15, -0.1) is 0 Å². The van der Waals surface area contributed by atoms with Gasteiger partial charge < -0.3 is 9.15 Å². The van der Waals surface area contributed by atoms with Gasteiger partial charge in [-0.05, 0) is 38.9 Å². The number of hydrogen-bond donors (Lipinski definition) is 0. The van der Waals surface area contributed by atoms with Crippen LogP contribution in [0.15, 0.2) is 22.8 Å². The van der Waals surface area contributed by atoms with Crippen LogP contribution in [0.3, 0.4) is 0 Å². The lowest BCUT2D eigenvalue weighted by Crippen LogP contribution is -2.46. The Kier molecular flexibility index (Phi) is 4.59. The van der Waals surface area contributed by atoms with E-state index in [1.807, 2.05) is 19.2 Å². The van der Waals surface area contributed by atoms with E-state index in [0.29, 0.717) is 19.7 Å². The Bertz CT molecular complexity index is 587. The fraction of sp³-hybridized carbons (Fsp3) is 0.733. The molecule has 1 aromatic rings. The van der Waals surface area contributed by atoms with E-state index in [1.54, 1.807) is 17.5 Å². The maximum atomic E-state index is 12.4. The van der Waals surface area contributed by atoms with E-state index < -0.39 is 10.0 Å². The molecular weight excluding hydrogens is 304 g/mol. The summed E-state index contributed by atoms with van der Waals surface area (Å²) in [5.74, 6) is 1.02. The summed E-state index contributed by atoms with van der Waals surface area (Å²) in [7, 11) is -1.19. The zero-order valence-corrected chi connectivity index (χ0v) is 14.0. The van der Waals surface area contributed by atoms with Crippen LogP contribution < -0.4 is 0 Å². The molecule has 2 aliphatic heterocycles. The third-order valence-corrected chi connectivity index (χ3v) is 6.59. The zero-order valence-electron chi connectivity index (χ0n) is 13.1. The third kappa shape index (κ3) is 2.95. The molecule has 3 heterocycles. The van der Waals surface area contributed by atoms with Crippen LogP contribution in [-0.2, 0) is 21.3 Å². The van der Waals surface area contributed by atoms with Crippen molar-refractivity contribution >= 4 is 10.0 Å². The van der Waals surface area contributed by atoms with Gasteiger partial charge in [0.05, 0.1) is 36.7 Å². The monoisotopic (exact) mass is 328 g/mol. The van der Waals surface area contributed by atoms with E-state index in [4.69, 9.17) is 9.15 Å². The Labute approximate surface area is 132 Å². The van der Waals surface area contributed by atoms with Crippen molar-refractivity contribution in [2.45, 2.75) is 44.5 Å². The summed E-state index contributed by atoms with van der Waals surface area (Å²) in [6.07, 6.45) is 3.42. The standard InChI is InChI=1S/C15H24N2O4S/c1-3-22(18,19)17-11-14(15-13(17)7-5-9-21-15)16(2)10-12-6-4-8-20-12/h4,6,8,13-15H,3,5,7,9-11H2,1-2H3/t13-,14-,15+/m1/s1. The van der Waals surface area contributed by atoms with E-state index in [9.17, 15) is 8.42 Å². The van der Waals surface area contributed by atoms with Gasteiger partial charge in [0, 0.05) is 13.2 Å². The lowest BCUT2D eigenvalue weighted by molar-refractivity contribution is -0.0324. The summed E-state index contributed by atoms with van der Waals surface area (Å²) in [5, 5.41) is 0. The molecule has 2 fully saturated rings. The predicted molar refractivity (Wildman–Crippen MR) is 82.9 cm³/mol. The maximum absolute atomic E-state index is 12.4. The van der Waals surface area contributed by atoms with Crippen LogP contribution in [0.4, 0.5) is 0 Å². The SMILES string of the molecule is CCS(=O)(=O)N1C[C@@H](N(C)Cc2ccco2)[C@H]2OCCC[C@H]21. The first-order valence-corrected chi connectivity index (χ1v) is 9.47. The van der Waals surface area contributed by atoms with Gasteiger partial charge in [0.25, 0.3) is 0 Å². The molecular formula is C15H24N2O4S. The van der Waals surface area contributed by atoms with E-state index in [0.717, 1.165) is 18.6 Å². The van der Waals surface area contributed by atoms with Gasteiger partial charge in [-0.2, -0.15) is 4.31 Å². The molecule has 0 N–H and O–H groups in total. The summed E-state index contributed by atoms with van der Waals surface area (Å²) in [5.41, 5.74) is 0. The highest BCUT2D eigenvalue weighted by Gasteiger charge is 2.49. The number of nitrogens with zero attached hydrogens (tertiary/aromatic N) is 2. The summed E-state index contributed by atoms with van der Waals surface area (Å²) < 4.78 is 37.8. The van der Waals surface area contributed by atoms with Gasteiger partial charge in [-0.1, -0.05) is 0 Å². The van der Waals surface area contributed by atoms with Crippen LogP contribution in [0.1, 0.15) is 25.5 Å². The van der Waals surface area contributed by atoms with Crippen molar-refractivity contribution in [3.63, 3.8) is 0 Å². The van der Waals surface area contributed by atoms with Gasteiger partial charge in [0.2, 0.25) is 10.0 Å². The molecule has 2 saturated heterocycles. The minimum absolute atomic E-state index is 0.0252. The van der Waals surface area contributed by atoms with E-state index >= 15 is 0 Å². The number of ether oxygens (including phenoxy) is 1. The van der Waals surface area contributed by atoms with Crippen molar-refractivity contribution in [1.29, 1.82) is 0 Å². The van der Waals surface area contributed by atoms with Crippen LogP contribution >= 0.6 is 0 Å². The van der Waals surface area contributed by atoms with Crippen molar-refractivity contribution in [3.05, 3.63) is 24.2 Å². The fourth-order valence-electron chi connectivity index (χ4n) is 3.53. The Morgan fingerprint density at radius 2 is 2.27 bits per heavy atom. The number of rotatable bonds is 5. The highest BCUT2D eigenvalue weighted by atomic mass is 32.2. The second-order valence-electron chi connectivity index (χ2n) is 6.08. The van der Waals surface area contributed by atoms with Gasteiger partial charge in [0.1, 0.15) is 5.76 Å². The molecule has 3 rings (SSSR count). The van der Waals surface area contributed by atoms with Crippen LogP contribution in [0.2, 0.25) is 0 Å². The largest absolute Gasteiger partial charge is 0.468 e. The molecule has 124 valence electrons. The lowest BCUT2D eigenvalue weighted by Gasteiger charge is -2.34. The van der Waals surface area contributed by atoms with E-state index in [2.05, 4.69) is 4.90 Å². The second-order valence-corrected chi connectivity index (χ2v) is 8.29. The molecule has 0 bridgehead atoms. The number of fused-ring (bicyclic) bond motifs is 1. The molecule has 3 atom stereocenters. The number of sulfonamides is 1. The third-order valence-electron chi connectivity index (χ3n) is 4.72. The molecule has 0 aliphatic carbocycles. The van der Waals surface area contributed by atoms with Crippen molar-refractivity contribution in [1.82, 2.24) is 9.21 Å². The highest BCUT2D eigenvalue weighted by Crippen LogP contribution is 2.33. The molecule has 1 aromatic heterocycles. The van der Waals surface area contributed by atoms with Crippen LogP contribution in [0, 0.1) is 0 Å². The molecule has 0 saturated carbocycles. The van der Waals surface area contributed by atoms with Crippen molar-refractivity contribution in [3.8, 4) is 0 Å². The summed E-state index contributed by atoms with van der Waals surface area (Å²) in [6.45, 7) is 3.58. The molecule has 0 unspecified atom stereocenters. The first kappa shape index (κ1) is 16.0. The van der Waals surface area contributed by atoms with Crippen LogP contribution in [0.5, 0.6) is 0 Å². The predicted octanol–water partition coefficient (Wildman–Crippen LogP) is 1.29. The average Bonchev–Trinajstić information content (AvgIpc) is 3.14. The minimum atomic E-state index is -3.19. The van der Waals surface area contributed by atoms with E-state index in [1.165, 1.54) is 0 Å². The molecule has 22 heavy (non-hydrogen) atoms. The van der Waals surface area contributed by atoms with Crippen molar-refractivity contribution in [2.24, 2.45) is 0 Å². The normalized spacial score (nSPS) is 29.9. The first-order valence-electron chi connectivity index (χ1n) is 7.86. The summed E-state index contributed by atoms with van der Waals surface area (Å²) >= 11 is 0. The van der Waals surface area contributed by atoms with Gasteiger partial charge in [-0.25, -0.2) is 8.42 Å². The smallest absolute Gasteiger partial charge is 0.214 e. The first-order chi connectivity index (χ1) is 10.5. The van der Waals surface area contributed by atoms with Gasteiger partial charge in [-0.3, -0.25) is 4.90 Å². The topological polar surface area (TPSA) is 63.0 Å². The molecule has 2 aliphatic rings. The quantitative estimate of drug-likeness (QED) is 0.815. The number of furan rings is 1. The Morgan fingerprint density at radius 1 is 1.45 bits per heavy atom. The Hall–Kier alpha value is -0.890. The van der Waals surface area contributed by atoms with Crippen LogP contribution in [0.25, 0.3) is 0 Å². The fourth-order valence-corrected chi connectivity index (χ4v) is 4.88. The van der Waals surface area contributed by atoms with Crippen molar-refractivity contribution < 1.29 is 17.6 Å². The molecule has 0 aromatic carbocycles. The Morgan fingerprint density at radius 3 is 2.95 bits per heavy atom. The number of hydrogen-bond acceptors (Lipinski definition) is 5. The molecule has 0 amide bonds. The maximum Gasteiger partial charge on any atom is 0.214 e. The molecule has 0 radical (unpaired) electrons. The summed E-state index contributed by atoms with van der Waals surface area (Å²) in [6, 6.07) is 3.84. The minimum Gasteiger partial charge on any atom is -0.468 e. The van der Waals surface area contributed by atoms with Gasteiger partial charge >= 0.3 is 0 Å². The average molecular weight is 328 g/mol. The van der Waals surface area contributed by atoms with Gasteiger partial charge in [0.15, 0.2) is 0 Å². The Balaban J connectivity index is 1.79. The summed E-state index contributed by atoms with van der Waals surface area (Å²) in [4.78, 5) is 2.15. The van der Waals surface area contributed by atoms with E-state index in [-0.39, 0.29) is 23.9 Å². The van der Waals surface area contributed by atoms with Crippen LogP contribution in [-0.4, -0.2) is 61.8 Å². The number of likely N-dealkylation sites (N-methyl/N-ethyl adjacent to an activating group) is 1. The molecule has 6 nitrogen and oxygen atoms in total.